The van der Waals surface area contributed by atoms with Crippen LogP contribution in [-0.2, 0) is 12.1 Å². The summed E-state index contributed by atoms with van der Waals surface area (Å²) in [4.78, 5) is 8.36. The minimum absolute atomic E-state index is 0.147. The van der Waals surface area contributed by atoms with Crippen molar-refractivity contribution in [2.24, 2.45) is 0 Å². The Morgan fingerprint density at radius 2 is 2.24 bits per heavy atom. The van der Waals surface area contributed by atoms with E-state index in [1.807, 2.05) is 17.8 Å². The molecule has 0 aliphatic carbocycles. The third-order valence-corrected chi connectivity index (χ3v) is 2.85. The topological polar surface area (TPSA) is 68.8 Å². The van der Waals surface area contributed by atoms with E-state index in [0.717, 1.165) is 5.69 Å². The van der Waals surface area contributed by atoms with Gasteiger partial charge in [-0.15, -0.1) is 0 Å². The van der Waals surface area contributed by atoms with Crippen molar-refractivity contribution in [3.05, 3.63) is 29.9 Å². The van der Waals surface area contributed by atoms with Crippen molar-refractivity contribution < 1.29 is 4.52 Å². The Kier molecular flexibility index (Phi) is 2.97. The van der Waals surface area contributed by atoms with E-state index in [-0.39, 0.29) is 5.54 Å². The van der Waals surface area contributed by atoms with E-state index in [1.54, 1.807) is 13.3 Å². The van der Waals surface area contributed by atoms with Gasteiger partial charge >= 0.3 is 0 Å². The predicted molar refractivity (Wildman–Crippen MR) is 62.4 cm³/mol. The molecule has 0 spiro atoms. The van der Waals surface area contributed by atoms with Crippen LogP contribution in [-0.4, -0.2) is 26.7 Å². The molecule has 0 unspecified atom stereocenters. The molecule has 17 heavy (non-hydrogen) atoms. The molecular formula is C11H17N5O. The summed E-state index contributed by atoms with van der Waals surface area (Å²) in [7, 11) is 1.92. The highest BCUT2D eigenvalue weighted by molar-refractivity contribution is 5.11. The van der Waals surface area contributed by atoms with Crippen molar-refractivity contribution in [2.45, 2.75) is 32.9 Å². The van der Waals surface area contributed by atoms with Crippen molar-refractivity contribution in [1.82, 2.24) is 25.0 Å². The molecule has 2 aromatic rings. The van der Waals surface area contributed by atoms with Crippen LogP contribution in [0, 0.1) is 6.92 Å². The Bertz CT molecular complexity index is 499. The number of imidazole rings is 1. The summed E-state index contributed by atoms with van der Waals surface area (Å²) in [6, 6.07) is 0. The highest BCUT2D eigenvalue weighted by Crippen LogP contribution is 2.19. The maximum absolute atomic E-state index is 5.11. The molecule has 2 aromatic heterocycles. The lowest BCUT2D eigenvalue weighted by Crippen LogP contribution is -2.35. The van der Waals surface area contributed by atoms with E-state index in [0.29, 0.717) is 18.3 Å². The molecule has 0 fully saturated rings. The molecular weight excluding hydrogens is 218 g/mol. The molecule has 0 saturated carbocycles. The second-order valence-corrected chi connectivity index (χ2v) is 4.52. The standard InChI is InChI=1S/C11H17N5O/c1-8-14-10(17-15-8)6-16-7-13-5-9(16)11(2,3)12-4/h5,7,12H,6H2,1-4H3. The third kappa shape index (κ3) is 2.36. The predicted octanol–water partition coefficient (Wildman–Crippen LogP) is 1.08. The van der Waals surface area contributed by atoms with Crippen LogP contribution in [0.3, 0.4) is 0 Å². The second-order valence-electron chi connectivity index (χ2n) is 4.52. The molecule has 0 aliphatic rings. The third-order valence-electron chi connectivity index (χ3n) is 2.85. The Morgan fingerprint density at radius 1 is 1.47 bits per heavy atom. The molecule has 0 radical (unpaired) electrons. The first kappa shape index (κ1) is 11.8. The van der Waals surface area contributed by atoms with Crippen LogP contribution >= 0.6 is 0 Å². The van der Waals surface area contributed by atoms with Gasteiger partial charge in [-0.25, -0.2) is 4.98 Å². The van der Waals surface area contributed by atoms with Gasteiger partial charge in [-0.1, -0.05) is 5.16 Å². The van der Waals surface area contributed by atoms with E-state index in [2.05, 4.69) is 34.3 Å². The van der Waals surface area contributed by atoms with E-state index in [9.17, 15) is 0 Å². The van der Waals surface area contributed by atoms with Crippen molar-refractivity contribution >= 4 is 0 Å². The summed E-state index contributed by atoms with van der Waals surface area (Å²) in [6.07, 6.45) is 3.62. The van der Waals surface area contributed by atoms with Crippen LogP contribution in [0.5, 0.6) is 0 Å². The minimum atomic E-state index is -0.147. The SMILES string of the molecule is CNC(C)(C)c1cncn1Cc1nc(C)no1. The number of nitrogens with one attached hydrogen (secondary N) is 1. The molecule has 0 saturated heterocycles. The summed E-state index contributed by atoms with van der Waals surface area (Å²) in [5.41, 5.74) is 0.932. The molecule has 0 aromatic carbocycles. The number of aromatic nitrogens is 4. The zero-order valence-electron chi connectivity index (χ0n) is 10.6. The lowest BCUT2D eigenvalue weighted by atomic mass is 10.0. The summed E-state index contributed by atoms with van der Waals surface area (Å²) in [5.74, 6) is 1.24. The van der Waals surface area contributed by atoms with Gasteiger partial charge < -0.3 is 14.4 Å². The molecule has 6 nitrogen and oxygen atoms in total. The minimum Gasteiger partial charge on any atom is -0.337 e. The molecule has 2 rings (SSSR count). The summed E-state index contributed by atoms with van der Waals surface area (Å²) >= 11 is 0. The van der Waals surface area contributed by atoms with Gasteiger partial charge in [0.05, 0.1) is 23.8 Å². The molecule has 0 atom stereocenters. The van der Waals surface area contributed by atoms with Crippen LogP contribution in [0.4, 0.5) is 0 Å². The fourth-order valence-corrected chi connectivity index (χ4v) is 1.65. The first-order valence-electron chi connectivity index (χ1n) is 5.51. The summed E-state index contributed by atoms with van der Waals surface area (Å²) in [6.45, 7) is 6.54. The van der Waals surface area contributed by atoms with Gasteiger partial charge in [0.1, 0.15) is 6.54 Å². The number of aryl methyl sites for hydroxylation is 1. The van der Waals surface area contributed by atoms with Crippen molar-refractivity contribution in [2.75, 3.05) is 7.05 Å². The summed E-state index contributed by atoms with van der Waals surface area (Å²) in [5, 5.41) is 7.02. The molecule has 2 heterocycles. The number of rotatable bonds is 4. The molecule has 0 bridgehead atoms. The number of hydrogen-bond acceptors (Lipinski definition) is 5. The monoisotopic (exact) mass is 235 g/mol. The van der Waals surface area contributed by atoms with Gasteiger partial charge in [0.15, 0.2) is 5.82 Å². The van der Waals surface area contributed by atoms with Crippen LogP contribution in [0.1, 0.15) is 31.3 Å². The molecule has 92 valence electrons. The Labute approximate surface area is 100 Å². The average molecular weight is 235 g/mol. The smallest absolute Gasteiger partial charge is 0.246 e. The largest absolute Gasteiger partial charge is 0.337 e. The second kappa shape index (κ2) is 4.29. The van der Waals surface area contributed by atoms with Crippen LogP contribution in [0.25, 0.3) is 0 Å². The molecule has 0 amide bonds. The van der Waals surface area contributed by atoms with Crippen LogP contribution < -0.4 is 5.32 Å². The summed E-state index contributed by atoms with van der Waals surface area (Å²) < 4.78 is 7.11. The maximum Gasteiger partial charge on any atom is 0.246 e. The van der Waals surface area contributed by atoms with Gasteiger partial charge in [0.2, 0.25) is 5.89 Å². The van der Waals surface area contributed by atoms with Crippen molar-refractivity contribution in [1.29, 1.82) is 0 Å². The Hall–Kier alpha value is -1.69. The molecule has 1 N–H and O–H groups in total. The fraction of sp³-hybridized carbons (Fsp3) is 0.545. The van der Waals surface area contributed by atoms with Crippen LogP contribution in [0.2, 0.25) is 0 Å². The zero-order chi connectivity index (χ0) is 12.5. The van der Waals surface area contributed by atoms with E-state index < -0.39 is 0 Å². The first-order chi connectivity index (χ1) is 8.03. The molecule has 0 aliphatic heterocycles. The zero-order valence-corrected chi connectivity index (χ0v) is 10.6. The maximum atomic E-state index is 5.11. The normalized spacial score (nSPS) is 12.0. The highest BCUT2D eigenvalue weighted by atomic mass is 16.5. The quantitative estimate of drug-likeness (QED) is 0.858. The highest BCUT2D eigenvalue weighted by Gasteiger charge is 2.22. The van der Waals surface area contributed by atoms with Gasteiger partial charge in [0, 0.05) is 0 Å². The Morgan fingerprint density at radius 3 is 2.82 bits per heavy atom. The van der Waals surface area contributed by atoms with Gasteiger partial charge in [0.25, 0.3) is 0 Å². The van der Waals surface area contributed by atoms with Crippen molar-refractivity contribution in [3.8, 4) is 0 Å². The van der Waals surface area contributed by atoms with E-state index >= 15 is 0 Å². The van der Waals surface area contributed by atoms with Gasteiger partial charge in [-0.05, 0) is 27.8 Å². The average Bonchev–Trinajstić information content (AvgIpc) is 2.89. The van der Waals surface area contributed by atoms with E-state index in [1.165, 1.54) is 0 Å². The fourth-order valence-electron chi connectivity index (χ4n) is 1.65. The van der Waals surface area contributed by atoms with Crippen LogP contribution in [0.15, 0.2) is 17.0 Å². The first-order valence-corrected chi connectivity index (χ1v) is 5.51. The number of nitrogens with zero attached hydrogens (tertiary/aromatic N) is 4. The Balaban J connectivity index is 2.26. The van der Waals surface area contributed by atoms with E-state index in [4.69, 9.17) is 4.52 Å². The lowest BCUT2D eigenvalue weighted by molar-refractivity contribution is 0.356. The number of hydrogen-bond donors (Lipinski definition) is 1. The molecule has 6 heteroatoms. The van der Waals surface area contributed by atoms with Gasteiger partial charge in [-0.2, -0.15) is 4.98 Å². The van der Waals surface area contributed by atoms with Gasteiger partial charge in [-0.3, -0.25) is 0 Å². The lowest BCUT2D eigenvalue weighted by Gasteiger charge is -2.24. The van der Waals surface area contributed by atoms with Crippen molar-refractivity contribution in [3.63, 3.8) is 0 Å².